The van der Waals surface area contributed by atoms with Crippen molar-refractivity contribution in [1.82, 2.24) is 4.98 Å². The molecule has 4 aromatic rings. The third-order valence-electron chi connectivity index (χ3n) is 4.23. The highest BCUT2D eigenvalue weighted by Crippen LogP contribution is 2.22. The minimum Gasteiger partial charge on any atom is -0.497 e. The largest absolute Gasteiger partial charge is 0.497 e. The van der Waals surface area contributed by atoms with Crippen molar-refractivity contribution in [3.8, 4) is 17.2 Å². The molecular formula is C22H16N2O4. The van der Waals surface area contributed by atoms with Gasteiger partial charge in [0, 0.05) is 16.8 Å². The molecule has 28 heavy (non-hydrogen) atoms. The maximum absolute atomic E-state index is 12.5. The van der Waals surface area contributed by atoms with Crippen LogP contribution in [0.15, 0.2) is 82.0 Å². The molecule has 1 aromatic heterocycles. The number of fused-ring (bicyclic) bond motifs is 1. The van der Waals surface area contributed by atoms with Gasteiger partial charge in [0.15, 0.2) is 0 Å². The van der Waals surface area contributed by atoms with E-state index in [1.165, 1.54) is 0 Å². The molecule has 0 radical (unpaired) electrons. The van der Waals surface area contributed by atoms with Crippen LogP contribution >= 0.6 is 0 Å². The molecule has 0 bridgehead atoms. The second-order valence-corrected chi connectivity index (χ2v) is 6.09. The van der Waals surface area contributed by atoms with Crippen LogP contribution in [0.25, 0.3) is 22.4 Å². The molecule has 6 heteroatoms. The van der Waals surface area contributed by atoms with Gasteiger partial charge in [0.1, 0.15) is 5.75 Å². The van der Waals surface area contributed by atoms with Crippen LogP contribution in [0.1, 0.15) is 10.4 Å². The van der Waals surface area contributed by atoms with Gasteiger partial charge in [-0.25, -0.2) is 9.78 Å². The van der Waals surface area contributed by atoms with Crippen LogP contribution in [0, 0.1) is 0 Å². The average Bonchev–Trinajstić information content (AvgIpc) is 2.74. The number of hydrogen-bond donors (Lipinski definition) is 1. The summed E-state index contributed by atoms with van der Waals surface area (Å²) in [7, 11) is 1.55. The van der Waals surface area contributed by atoms with E-state index in [-0.39, 0.29) is 11.8 Å². The minimum absolute atomic E-state index is 0.196. The molecule has 1 N–H and O–H groups in total. The molecule has 4 rings (SSSR count). The first-order valence-electron chi connectivity index (χ1n) is 8.60. The topological polar surface area (TPSA) is 81.4 Å². The van der Waals surface area contributed by atoms with Crippen molar-refractivity contribution < 1.29 is 13.9 Å². The molecule has 0 saturated carbocycles. The van der Waals surface area contributed by atoms with Crippen molar-refractivity contribution >= 4 is 22.5 Å². The van der Waals surface area contributed by atoms with Crippen LogP contribution < -0.4 is 15.7 Å². The molecule has 0 fully saturated rings. The number of methoxy groups -OCH3 is 1. The summed E-state index contributed by atoms with van der Waals surface area (Å²) in [6, 6.07) is 20.8. The minimum atomic E-state index is -0.452. The highest BCUT2D eigenvalue weighted by Gasteiger charge is 2.11. The van der Waals surface area contributed by atoms with Crippen molar-refractivity contribution in [1.29, 1.82) is 0 Å². The number of carbonyl (C=O) groups is 1. The number of ether oxygens (including phenoxy) is 1. The highest BCUT2D eigenvalue weighted by atomic mass is 16.5. The normalized spacial score (nSPS) is 10.6. The lowest BCUT2D eigenvalue weighted by molar-refractivity contribution is 0.102. The molecule has 1 heterocycles. The Hall–Kier alpha value is -3.93. The third kappa shape index (κ3) is 3.48. The maximum Gasteiger partial charge on any atom is 0.347 e. The zero-order valence-electron chi connectivity index (χ0n) is 15.0. The van der Waals surface area contributed by atoms with Crippen molar-refractivity contribution in [3.05, 3.63) is 88.8 Å². The number of aromatic nitrogens is 1. The fourth-order valence-corrected chi connectivity index (χ4v) is 2.84. The van der Waals surface area contributed by atoms with Gasteiger partial charge >= 0.3 is 5.63 Å². The van der Waals surface area contributed by atoms with Gasteiger partial charge in [-0.1, -0.05) is 24.3 Å². The summed E-state index contributed by atoms with van der Waals surface area (Å²) in [6.07, 6.45) is 0. The lowest BCUT2D eigenvalue weighted by Crippen LogP contribution is -2.12. The zero-order valence-corrected chi connectivity index (χ0v) is 15.0. The fraction of sp³-hybridized carbons (Fsp3) is 0.0455. The van der Waals surface area contributed by atoms with E-state index in [4.69, 9.17) is 9.15 Å². The van der Waals surface area contributed by atoms with Gasteiger partial charge in [0.25, 0.3) is 5.91 Å². The van der Waals surface area contributed by atoms with E-state index >= 15 is 0 Å². The van der Waals surface area contributed by atoms with Gasteiger partial charge in [-0.3, -0.25) is 4.79 Å². The number of hydrogen-bond acceptors (Lipinski definition) is 5. The summed E-state index contributed by atoms with van der Waals surface area (Å²) < 4.78 is 10.5. The van der Waals surface area contributed by atoms with Gasteiger partial charge in [0.2, 0.25) is 5.89 Å². The van der Waals surface area contributed by atoms with E-state index in [1.807, 2.05) is 6.07 Å². The van der Waals surface area contributed by atoms with E-state index < -0.39 is 5.63 Å². The lowest BCUT2D eigenvalue weighted by atomic mass is 10.1. The molecule has 0 aliphatic carbocycles. The SMILES string of the molecule is COc1cccc(C(=O)Nc2cccc(-c3nc4ccccc4c(=O)o3)c2)c1. The van der Waals surface area contributed by atoms with E-state index in [0.29, 0.717) is 33.5 Å². The molecule has 0 spiro atoms. The van der Waals surface area contributed by atoms with E-state index in [2.05, 4.69) is 10.3 Å². The Kier molecular flexibility index (Phi) is 4.60. The maximum atomic E-state index is 12.5. The van der Waals surface area contributed by atoms with Gasteiger partial charge in [-0.15, -0.1) is 0 Å². The molecule has 1 amide bonds. The summed E-state index contributed by atoms with van der Waals surface area (Å²) in [5.74, 6) is 0.522. The van der Waals surface area contributed by atoms with Crippen LogP contribution in [0.2, 0.25) is 0 Å². The quantitative estimate of drug-likeness (QED) is 0.583. The Morgan fingerprint density at radius 2 is 1.82 bits per heavy atom. The Morgan fingerprint density at radius 3 is 2.68 bits per heavy atom. The van der Waals surface area contributed by atoms with Crippen molar-refractivity contribution in [3.63, 3.8) is 0 Å². The zero-order chi connectivity index (χ0) is 19.5. The summed E-state index contributed by atoms with van der Waals surface area (Å²) in [4.78, 5) is 29.1. The molecule has 138 valence electrons. The summed E-state index contributed by atoms with van der Waals surface area (Å²) in [5.41, 5.74) is 1.72. The monoisotopic (exact) mass is 372 g/mol. The molecule has 3 aromatic carbocycles. The van der Waals surface area contributed by atoms with Crippen LogP contribution in [0.4, 0.5) is 5.69 Å². The first kappa shape index (κ1) is 17.5. The second kappa shape index (κ2) is 7.36. The van der Waals surface area contributed by atoms with Gasteiger partial charge in [0.05, 0.1) is 18.0 Å². The number of anilines is 1. The third-order valence-corrected chi connectivity index (χ3v) is 4.23. The standard InChI is InChI=1S/C22H16N2O4/c1-27-17-9-5-6-14(13-17)20(25)23-16-8-4-7-15(12-16)21-24-19-11-3-2-10-18(19)22(26)28-21/h2-13H,1H3,(H,23,25). The van der Waals surface area contributed by atoms with Crippen molar-refractivity contribution in [2.45, 2.75) is 0 Å². The summed E-state index contributed by atoms with van der Waals surface area (Å²) in [5, 5.41) is 3.25. The average molecular weight is 372 g/mol. The molecule has 0 aliphatic rings. The van der Waals surface area contributed by atoms with Gasteiger partial charge < -0.3 is 14.5 Å². The lowest BCUT2D eigenvalue weighted by Gasteiger charge is -2.08. The number of nitrogens with zero attached hydrogens (tertiary/aromatic N) is 1. The molecular weight excluding hydrogens is 356 g/mol. The number of rotatable bonds is 4. The smallest absolute Gasteiger partial charge is 0.347 e. The van der Waals surface area contributed by atoms with E-state index in [0.717, 1.165) is 0 Å². The van der Waals surface area contributed by atoms with Crippen molar-refractivity contribution in [2.75, 3.05) is 12.4 Å². The Balaban J connectivity index is 1.65. The number of para-hydroxylation sites is 1. The molecule has 0 atom stereocenters. The number of carbonyl (C=O) groups excluding carboxylic acids is 1. The first-order valence-corrected chi connectivity index (χ1v) is 8.60. The highest BCUT2D eigenvalue weighted by molar-refractivity contribution is 6.04. The number of nitrogens with one attached hydrogen (secondary N) is 1. The Labute approximate surface area is 160 Å². The summed E-state index contributed by atoms with van der Waals surface area (Å²) in [6.45, 7) is 0. The van der Waals surface area contributed by atoms with Crippen molar-refractivity contribution in [2.24, 2.45) is 0 Å². The number of benzene rings is 3. The molecule has 6 nitrogen and oxygen atoms in total. The van der Waals surface area contributed by atoms with E-state index in [9.17, 15) is 9.59 Å². The van der Waals surface area contributed by atoms with E-state index in [1.54, 1.807) is 73.8 Å². The predicted octanol–water partition coefficient (Wildman–Crippen LogP) is 4.12. The summed E-state index contributed by atoms with van der Waals surface area (Å²) >= 11 is 0. The van der Waals surface area contributed by atoms with Crippen LogP contribution in [-0.2, 0) is 0 Å². The van der Waals surface area contributed by atoms with Crippen LogP contribution in [0.3, 0.4) is 0 Å². The van der Waals surface area contributed by atoms with Crippen LogP contribution in [0.5, 0.6) is 5.75 Å². The predicted molar refractivity (Wildman–Crippen MR) is 107 cm³/mol. The molecule has 0 aliphatic heterocycles. The molecule has 0 saturated heterocycles. The molecule has 0 unspecified atom stereocenters. The first-order chi connectivity index (χ1) is 13.6. The van der Waals surface area contributed by atoms with Gasteiger partial charge in [-0.05, 0) is 48.5 Å². The van der Waals surface area contributed by atoms with Gasteiger partial charge in [-0.2, -0.15) is 0 Å². The Bertz CT molecular complexity index is 1230. The second-order valence-electron chi connectivity index (χ2n) is 6.09. The Morgan fingerprint density at radius 1 is 1.00 bits per heavy atom. The number of amides is 1. The van der Waals surface area contributed by atoms with Crippen LogP contribution in [-0.4, -0.2) is 18.0 Å². The fourth-order valence-electron chi connectivity index (χ4n) is 2.84.